The molecule has 4 rings (SSSR count). The number of hydrogen-bond acceptors (Lipinski definition) is 4. The lowest BCUT2D eigenvalue weighted by molar-refractivity contribution is -0.131. The van der Waals surface area contributed by atoms with Crippen LogP contribution in [0.25, 0.3) is 11.3 Å². The van der Waals surface area contributed by atoms with E-state index in [-0.39, 0.29) is 24.4 Å². The molecule has 6 heteroatoms. The van der Waals surface area contributed by atoms with E-state index in [0.29, 0.717) is 13.1 Å². The molecule has 0 bridgehead atoms. The summed E-state index contributed by atoms with van der Waals surface area (Å²) in [5.74, 6) is 0.0676. The molecule has 0 unspecified atom stereocenters. The van der Waals surface area contributed by atoms with E-state index in [9.17, 15) is 9.59 Å². The molecule has 2 heterocycles. The first kappa shape index (κ1) is 20.8. The number of hydrogen-bond donors (Lipinski definition) is 0. The molecule has 160 valence electrons. The Labute approximate surface area is 182 Å². The van der Waals surface area contributed by atoms with Crippen LogP contribution < -0.4 is 10.5 Å². The summed E-state index contributed by atoms with van der Waals surface area (Å²) in [6.45, 7) is 7.43. The van der Waals surface area contributed by atoms with Crippen LogP contribution in [0.3, 0.4) is 0 Å². The van der Waals surface area contributed by atoms with E-state index in [1.807, 2.05) is 29.2 Å². The van der Waals surface area contributed by atoms with Crippen molar-refractivity contribution in [2.24, 2.45) is 0 Å². The van der Waals surface area contributed by atoms with E-state index in [1.54, 1.807) is 6.07 Å². The maximum absolute atomic E-state index is 12.7. The third-order valence-electron chi connectivity index (χ3n) is 5.96. The van der Waals surface area contributed by atoms with Gasteiger partial charge >= 0.3 is 0 Å². The standard InChI is InChI=1S/C25H28N4O2/c1-19-8-9-21(18-20(19)2)23-10-11-25(31)29(26-23)13-12-24(30)28-16-14-27(15-17-28)22-6-4-3-5-7-22/h3-11,18H,12-17H2,1-2H3. The van der Waals surface area contributed by atoms with Crippen molar-refractivity contribution in [2.75, 3.05) is 31.1 Å². The van der Waals surface area contributed by atoms with Crippen LogP contribution >= 0.6 is 0 Å². The summed E-state index contributed by atoms with van der Waals surface area (Å²) < 4.78 is 1.41. The molecule has 0 radical (unpaired) electrons. The smallest absolute Gasteiger partial charge is 0.266 e. The summed E-state index contributed by atoms with van der Waals surface area (Å²) in [5.41, 5.74) is 5.12. The van der Waals surface area contributed by atoms with Crippen molar-refractivity contribution in [2.45, 2.75) is 26.8 Å². The average molecular weight is 417 g/mol. The highest BCUT2D eigenvalue weighted by atomic mass is 16.2. The third-order valence-corrected chi connectivity index (χ3v) is 5.96. The topological polar surface area (TPSA) is 58.4 Å². The molecular formula is C25H28N4O2. The largest absolute Gasteiger partial charge is 0.368 e. The van der Waals surface area contributed by atoms with Crippen LogP contribution in [0.4, 0.5) is 5.69 Å². The molecule has 1 aromatic heterocycles. The van der Waals surface area contributed by atoms with E-state index < -0.39 is 0 Å². The fraction of sp³-hybridized carbons (Fsp3) is 0.320. The van der Waals surface area contributed by atoms with Gasteiger partial charge in [-0.05, 0) is 49.2 Å². The zero-order valence-electron chi connectivity index (χ0n) is 18.1. The maximum atomic E-state index is 12.7. The minimum Gasteiger partial charge on any atom is -0.368 e. The zero-order valence-corrected chi connectivity index (χ0v) is 18.1. The predicted molar refractivity (Wildman–Crippen MR) is 123 cm³/mol. The highest BCUT2D eigenvalue weighted by Crippen LogP contribution is 2.19. The van der Waals surface area contributed by atoms with Gasteiger partial charge in [-0.25, -0.2) is 4.68 Å². The van der Waals surface area contributed by atoms with Crippen molar-refractivity contribution in [3.05, 3.63) is 82.1 Å². The van der Waals surface area contributed by atoms with Crippen LogP contribution in [0.5, 0.6) is 0 Å². The Bertz CT molecular complexity index is 1120. The Morgan fingerprint density at radius 1 is 0.903 bits per heavy atom. The number of carbonyl (C=O) groups is 1. The van der Waals surface area contributed by atoms with Crippen LogP contribution in [-0.2, 0) is 11.3 Å². The number of amides is 1. The quantitative estimate of drug-likeness (QED) is 0.641. The minimum atomic E-state index is -0.186. The van der Waals surface area contributed by atoms with Gasteiger partial charge in [-0.2, -0.15) is 5.10 Å². The van der Waals surface area contributed by atoms with Crippen LogP contribution in [0.1, 0.15) is 17.5 Å². The van der Waals surface area contributed by atoms with Crippen molar-refractivity contribution >= 4 is 11.6 Å². The van der Waals surface area contributed by atoms with Gasteiger partial charge in [0.25, 0.3) is 5.56 Å². The van der Waals surface area contributed by atoms with Gasteiger partial charge in [-0.1, -0.05) is 30.3 Å². The molecule has 1 amide bonds. The number of nitrogens with zero attached hydrogens (tertiary/aromatic N) is 4. The summed E-state index contributed by atoms with van der Waals surface area (Å²) in [4.78, 5) is 29.2. The maximum Gasteiger partial charge on any atom is 0.266 e. The molecule has 1 saturated heterocycles. The first-order valence-corrected chi connectivity index (χ1v) is 10.7. The zero-order chi connectivity index (χ0) is 21.8. The molecule has 0 spiro atoms. The second-order valence-corrected chi connectivity index (χ2v) is 8.03. The monoisotopic (exact) mass is 416 g/mol. The molecule has 6 nitrogen and oxygen atoms in total. The number of piperazine rings is 1. The average Bonchev–Trinajstić information content (AvgIpc) is 2.81. The summed E-state index contributed by atoms with van der Waals surface area (Å²) >= 11 is 0. The van der Waals surface area contributed by atoms with Crippen LogP contribution in [-0.4, -0.2) is 46.8 Å². The van der Waals surface area contributed by atoms with Crippen molar-refractivity contribution < 1.29 is 4.79 Å². The van der Waals surface area contributed by atoms with Gasteiger partial charge in [0.15, 0.2) is 0 Å². The Morgan fingerprint density at radius 2 is 1.65 bits per heavy atom. The Hall–Kier alpha value is -3.41. The second-order valence-electron chi connectivity index (χ2n) is 8.03. The number of aryl methyl sites for hydroxylation is 3. The molecule has 1 aliphatic heterocycles. The predicted octanol–water partition coefficient (Wildman–Crippen LogP) is 3.27. The van der Waals surface area contributed by atoms with Crippen molar-refractivity contribution in [1.29, 1.82) is 0 Å². The van der Waals surface area contributed by atoms with E-state index >= 15 is 0 Å². The van der Waals surface area contributed by atoms with Crippen molar-refractivity contribution in [3.8, 4) is 11.3 Å². The van der Waals surface area contributed by atoms with E-state index in [2.05, 4.69) is 48.1 Å². The lowest BCUT2D eigenvalue weighted by atomic mass is 10.0. The third kappa shape index (κ3) is 4.85. The van der Waals surface area contributed by atoms with Gasteiger partial charge in [0.05, 0.1) is 12.2 Å². The first-order chi connectivity index (χ1) is 15.0. The fourth-order valence-electron chi connectivity index (χ4n) is 3.88. The molecule has 0 N–H and O–H groups in total. The highest BCUT2D eigenvalue weighted by molar-refractivity contribution is 5.76. The fourth-order valence-corrected chi connectivity index (χ4v) is 3.88. The molecule has 3 aromatic rings. The minimum absolute atomic E-state index is 0.0676. The van der Waals surface area contributed by atoms with Crippen LogP contribution in [0, 0.1) is 13.8 Å². The summed E-state index contributed by atoms with van der Waals surface area (Å²) in [6, 6.07) is 19.7. The van der Waals surface area contributed by atoms with Gasteiger partial charge in [0.1, 0.15) is 0 Å². The van der Waals surface area contributed by atoms with Gasteiger partial charge in [-0.15, -0.1) is 0 Å². The van der Waals surface area contributed by atoms with Crippen molar-refractivity contribution in [3.63, 3.8) is 0 Å². The Kier molecular flexibility index (Phi) is 6.16. The number of para-hydroxylation sites is 1. The summed E-state index contributed by atoms with van der Waals surface area (Å²) in [7, 11) is 0. The lowest BCUT2D eigenvalue weighted by Gasteiger charge is -2.36. The SMILES string of the molecule is Cc1ccc(-c2ccc(=O)n(CCC(=O)N3CCN(c4ccccc4)CC3)n2)cc1C. The molecule has 1 aliphatic rings. The van der Waals surface area contributed by atoms with Crippen molar-refractivity contribution in [1.82, 2.24) is 14.7 Å². The molecule has 1 fully saturated rings. The highest BCUT2D eigenvalue weighted by Gasteiger charge is 2.21. The first-order valence-electron chi connectivity index (χ1n) is 10.7. The lowest BCUT2D eigenvalue weighted by Crippen LogP contribution is -2.49. The Balaban J connectivity index is 1.37. The van der Waals surface area contributed by atoms with E-state index in [0.717, 1.165) is 24.3 Å². The van der Waals surface area contributed by atoms with Crippen LogP contribution in [0.15, 0.2) is 65.5 Å². The van der Waals surface area contributed by atoms with Crippen LogP contribution in [0.2, 0.25) is 0 Å². The number of rotatable bonds is 5. The molecule has 2 aromatic carbocycles. The number of aromatic nitrogens is 2. The van der Waals surface area contributed by atoms with E-state index in [4.69, 9.17) is 0 Å². The van der Waals surface area contributed by atoms with Gasteiger partial charge in [-0.3, -0.25) is 9.59 Å². The van der Waals surface area contributed by atoms with Gasteiger partial charge in [0, 0.05) is 49.9 Å². The number of benzene rings is 2. The molecule has 0 aliphatic carbocycles. The molecule has 31 heavy (non-hydrogen) atoms. The molecular weight excluding hydrogens is 388 g/mol. The summed E-state index contributed by atoms with van der Waals surface area (Å²) in [6.07, 6.45) is 0.272. The Morgan fingerprint density at radius 3 is 2.35 bits per heavy atom. The number of anilines is 1. The molecule has 0 atom stereocenters. The summed E-state index contributed by atoms with van der Waals surface area (Å²) in [5, 5.41) is 4.51. The second kappa shape index (κ2) is 9.16. The van der Waals surface area contributed by atoms with Gasteiger partial charge in [0.2, 0.25) is 5.91 Å². The molecule has 0 saturated carbocycles. The van der Waals surface area contributed by atoms with Gasteiger partial charge < -0.3 is 9.80 Å². The normalized spacial score (nSPS) is 14.0. The number of carbonyl (C=O) groups excluding carboxylic acids is 1. The van der Waals surface area contributed by atoms with E-state index in [1.165, 1.54) is 27.6 Å².